The van der Waals surface area contributed by atoms with Gasteiger partial charge in [-0.15, -0.1) is 0 Å². The third kappa shape index (κ3) is 4.13. The fourth-order valence-corrected chi connectivity index (χ4v) is 3.27. The van der Waals surface area contributed by atoms with Crippen LogP contribution in [0.3, 0.4) is 0 Å². The van der Waals surface area contributed by atoms with Crippen LogP contribution in [0, 0.1) is 0 Å². The van der Waals surface area contributed by atoms with Crippen molar-refractivity contribution in [2.45, 2.75) is 11.8 Å². The fraction of sp³-hybridized carbons (Fsp3) is 0.111. The Labute approximate surface area is 146 Å². The van der Waals surface area contributed by atoms with Crippen molar-refractivity contribution in [1.82, 2.24) is 9.97 Å². The fourth-order valence-electron chi connectivity index (χ4n) is 2.24. The van der Waals surface area contributed by atoms with Gasteiger partial charge < -0.3 is 4.74 Å². The van der Waals surface area contributed by atoms with Crippen LogP contribution >= 0.6 is 0 Å². The maximum Gasteiger partial charge on any atom is 0.316 e. The van der Waals surface area contributed by atoms with Crippen LogP contribution in [0.15, 0.2) is 71.9 Å². The molecule has 1 aromatic heterocycles. The average molecular weight is 355 g/mol. The zero-order valence-electron chi connectivity index (χ0n) is 13.6. The van der Waals surface area contributed by atoms with Gasteiger partial charge in [0.1, 0.15) is 0 Å². The minimum absolute atomic E-state index is 0.168. The molecule has 2 aromatic carbocycles. The molecule has 25 heavy (non-hydrogen) atoms. The smallest absolute Gasteiger partial charge is 0.316 e. The molecule has 7 heteroatoms. The van der Waals surface area contributed by atoms with Crippen LogP contribution in [0.2, 0.25) is 0 Å². The van der Waals surface area contributed by atoms with E-state index in [9.17, 15) is 8.42 Å². The van der Waals surface area contributed by atoms with E-state index < -0.39 is 10.0 Å². The molecule has 3 aromatic rings. The van der Waals surface area contributed by atoms with E-state index in [2.05, 4.69) is 14.7 Å². The largest absolute Gasteiger partial charge is 0.464 e. The number of anilines is 1. The van der Waals surface area contributed by atoms with E-state index in [1.807, 2.05) is 37.3 Å². The molecule has 128 valence electrons. The lowest BCUT2D eigenvalue weighted by Crippen LogP contribution is -2.13. The molecular weight excluding hydrogens is 338 g/mol. The van der Waals surface area contributed by atoms with Crippen LogP contribution in [0.5, 0.6) is 6.01 Å². The van der Waals surface area contributed by atoms with Gasteiger partial charge in [-0.2, -0.15) is 0 Å². The van der Waals surface area contributed by atoms with Crippen molar-refractivity contribution >= 4 is 15.7 Å². The molecule has 1 heterocycles. The van der Waals surface area contributed by atoms with Crippen molar-refractivity contribution in [1.29, 1.82) is 0 Å². The highest BCUT2D eigenvalue weighted by atomic mass is 32.2. The van der Waals surface area contributed by atoms with E-state index in [1.54, 1.807) is 24.3 Å². The van der Waals surface area contributed by atoms with E-state index in [0.717, 1.165) is 11.1 Å². The van der Waals surface area contributed by atoms with Gasteiger partial charge in [-0.3, -0.25) is 4.72 Å². The molecule has 0 aliphatic heterocycles. The van der Waals surface area contributed by atoms with E-state index >= 15 is 0 Å². The first kappa shape index (κ1) is 16.9. The highest BCUT2D eigenvalue weighted by molar-refractivity contribution is 7.92. The Kier molecular flexibility index (Phi) is 4.95. The molecule has 6 nitrogen and oxygen atoms in total. The van der Waals surface area contributed by atoms with E-state index in [-0.39, 0.29) is 16.6 Å². The minimum atomic E-state index is -3.71. The number of sulfonamides is 1. The van der Waals surface area contributed by atoms with Crippen molar-refractivity contribution in [3.05, 3.63) is 67.0 Å². The topological polar surface area (TPSA) is 81.2 Å². The molecule has 0 atom stereocenters. The first-order valence-electron chi connectivity index (χ1n) is 7.71. The van der Waals surface area contributed by atoms with Crippen molar-refractivity contribution in [2.24, 2.45) is 0 Å². The number of rotatable bonds is 6. The standard InChI is InChI=1S/C18H17N3O3S/c1-2-24-18-19-12-16(13-20-18)21-25(22,23)17-10-8-15(9-11-17)14-6-4-3-5-7-14/h3-13,21H,2H2,1H3. The molecule has 3 rings (SSSR count). The number of benzene rings is 2. The molecule has 0 saturated heterocycles. The molecule has 0 aliphatic carbocycles. The van der Waals surface area contributed by atoms with Crippen LogP contribution in [-0.4, -0.2) is 25.0 Å². The van der Waals surface area contributed by atoms with Gasteiger partial charge in [0, 0.05) is 0 Å². The predicted octanol–water partition coefficient (Wildman–Crippen LogP) is 3.34. The maximum absolute atomic E-state index is 12.5. The first-order chi connectivity index (χ1) is 12.1. The first-order valence-corrected chi connectivity index (χ1v) is 9.20. The summed E-state index contributed by atoms with van der Waals surface area (Å²) < 4.78 is 32.5. The van der Waals surface area contributed by atoms with Gasteiger partial charge in [0.15, 0.2) is 0 Å². The molecule has 0 unspecified atom stereocenters. The second-order valence-corrected chi connectivity index (χ2v) is 6.87. The van der Waals surface area contributed by atoms with Gasteiger partial charge in [0.05, 0.1) is 29.6 Å². The normalized spacial score (nSPS) is 11.1. The van der Waals surface area contributed by atoms with Crippen molar-refractivity contribution in [3.8, 4) is 17.1 Å². The molecule has 0 bridgehead atoms. The lowest BCUT2D eigenvalue weighted by molar-refractivity contribution is 0.312. The van der Waals surface area contributed by atoms with Crippen molar-refractivity contribution in [2.75, 3.05) is 11.3 Å². The number of ether oxygens (including phenoxy) is 1. The summed E-state index contributed by atoms with van der Waals surface area (Å²) in [5.41, 5.74) is 2.25. The maximum atomic E-state index is 12.5. The SMILES string of the molecule is CCOc1ncc(NS(=O)(=O)c2ccc(-c3ccccc3)cc2)cn1. The zero-order valence-corrected chi connectivity index (χ0v) is 14.4. The number of hydrogen-bond donors (Lipinski definition) is 1. The van der Waals surface area contributed by atoms with Crippen LogP contribution in [0.4, 0.5) is 5.69 Å². The second-order valence-electron chi connectivity index (χ2n) is 5.18. The third-order valence-corrected chi connectivity index (χ3v) is 4.82. The van der Waals surface area contributed by atoms with Crippen molar-refractivity contribution in [3.63, 3.8) is 0 Å². The second kappa shape index (κ2) is 7.31. The van der Waals surface area contributed by atoms with Gasteiger partial charge in [-0.05, 0) is 30.2 Å². The molecule has 1 N–H and O–H groups in total. The quantitative estimate of drug-likeness (QED) is 0.733. The highest BCUT2D eigenvalue weighted by Crippen LogP contribution is 2.22. The van der Waals surface area contributed by atoms with E-state index in [0.29, 0.717) is 6.61 Å². The van der Waals surface area contributed by atoms with Crippen LogP contribution in [0.25, 0.3) is 11.1 Å². The Bertz CT molecular complexity index is 926. The molecule has 0 radical (unpaired) electrons. The Morgan fingerprint density at radius 2 is 1.52 bits per heavy atom. The summed E-state index contributed by atoms with van der Waals surface area (Å²) in [6.07, 6.45) is 2.74. The summed E-state index contributed by atoms with van der Waals surface area (Å²) in [5, 5.41) is 0. The lowest BCUT2D eigenvalue weighted by Gasteiger charge is -2.09. The zero-order chi connectivity index (χ0) is 17.7. The summed E-state index contributed by atoms with van der Waals surface area (Å²) in [4.78, 5) is 8.05. The third-order valence-electron chi connectivity index (χ3n) is 3.43. The molecule has 0 amide bonds. The van der Waals surface area contributed by atoms with Gasteiger partial charge in [-0.1, -0.05) is 42.5 Å². The summed E-state index contributed by atoms with van der Waals surface area (Å²) in [6, 6.07) is 16.7. The number of nitrogens with one attached hydrogen (secondary N) is 1. The monoisotopic (exact) mass is 355 g/mol. The van der Waals surface area contributed by atoms with Crippen molar-refractivity contribution < 1.29 is 13.2 Å². The van der Waals surface area contributed by atoms with Gasteiger partial charge in [0.25, 0.3) is 10.0 Å². The minimum Gasteiger partial charge on any atom is -0.464 e. The molecule has 0 spiro atoms. The van der Waals surface area contributed by atoms with Gasteiger partial charge >= 0.3 is 6.01 Å². The Hall–Kier alpha value is -2.93. The lowest BCUT2D eigenvalue weighted by atomic mass is 10.1. The summed E-state index contributed by atoms with van der Waals surface area (Å²) >= 11 is 0. The Balaban J connectivity index is 1.78. The number of nitrogens with zero attached hydrogens (tertiary/aromatic N) is 2. The van der Waals surface area contributed by atoms with Crippen LogP contribution in [0.1, 0.15) is 6.92 Å². The van der Waals surface area contributed by atoms with Gasteiger partial charge in [-0.25, -0.2) is 18.4 Å². The molecule has 0 saturated carbocycles. The van der Waals surface area contributed by atoms with Gasteiger partial charge in [0.2, 0.25) is 0 Å². The number of hydrogen-bond acceptors (Lipinski definition) is 5. The summed E-state index contributed by atoms with van der Waals surface area (Å²) in [6.45, 7) is 2.26. The Morgan fingerprint density at radius 1 is 0.920 bits per heavy atom. The highest BCUT2D eigenvalue weighted by Gasteiger charge is 2.15. The molecular formula is C18H17N3O3S. The Morgan fingerprint density at radius 3 is 2.12 bits per heavy atom. The summed E-state index contributed by atoms with van der Waals surface area (Å²) in [5.74, 6) is 0. The van der Waals surface area contributed by atoms with Crippen LogP contribution < -0.4 is 9.46 Å². The molecule has 0 fully saturated rings. The van der Waals surface area contributed by atoms with E-state index in [1.165, 1.54) is 12.4 Å². The average Bonchev–Trinajstić information content (AvgIpc) is 2.64. The number of aromatic nitrogens is 2. The molecule has 0 aliphatic rings. The predicted molar refractivity (Wildman–Crippen MR) is 95.9 cm³/mol. The summed E-state index contributed by atoms with van der Waals surface area (Å²) in [7, 11) is -3.71. The van der Waals surface area contributed by atoms with E-state index in [4.69, 9.17) is 4.74 Å². The van der Waals surface area contributed by atoms with Crippen LogP contribution in [-0.2, 0) is 10.0 Å².